The van der Waals surface area contributed by atoms with E-state index in [0.29, 0.717) is 51.4 Å². The molecule has 1 aliphatic heterocycles. The van der Waals surface area contributed by atoms with E-state index in [1.807, 2.05) is 0 Å². The molecular formula is C34H60N8O16. The first-order valence-corrected chi connectivity index (χ1v) is 19.1. The second kappa shape index (κ2) is 28.8. The number of nitrogens with one attached hydrogen (secondary N) is 5. The van der Waals surface area contributed by atoms with Gasteiger partial charge in [-0.3, -0.25) is 38.4 Å². The van der Waals surface area contributed by atoms with E-state index in [-0.39, 0.29) is 70.4 Å². The van der Waals surface area contributed by atoms with Crippen molar-refractivity contribution in [2.45, 2.75) is 103 Å². The molecule has 5 atom stereocenters. The van der Waals surface area contributed by atoms with Crippen molar-refractivity contribution in [1.82, 2.24) is 42.8 Å². The molecular weight excluding hydrogens is 776 g/mol. The number of hydrogen-bond acceptors (Lipinski definition) is 16. The Kier molecular flexibility index (Phi) is 25.5. The summed E-state index contributed by atoms with van der Waals surface area (Å²) in [6, 6.07) is 0. The van der Waals surface area contributed by atoms with E-state index >= 15 is 0 Å². The summed E-state index contributed by atoms with van der Waals surface area (Å²) in [5.74, 6) is -11.7. The van der Waals surface area contributed by atoms with Crippen LogP contribution in [0, 0.1) is 29.6 Å². The molecule has 5 unspecified atom stereocenters. The zero-order chi connectivity index (χ0) is 43.6. The van der Waals surface area contributed by atoms with Crippen LogP contribution in [0.15, 0.2) is 0 Å². The Hall–Kier alpha value is -4.56. The van der Waals surface area contributed by atoms with Gasteiger partial charge < -0.3 is 40.9 Å². The van der Waals surface area contributed by atoms with E-state index in [1.165, 1.54) is 5.01 Å². The maximum absolute atomic E-state index is 11.8. The number of rotatable bonds is 16. The van der Waals surface area contributed by atoms with E-state index < -0.39 is 91.1 Å². The molecule has 0 aliphatic carbocycles. The lowest BCUT2D eigenvalue weighted by molar-refractivity contribution is -0.149. The molecule has 332 valence electrons. The second-order valence-electron chi connectivity index (χ2n) is 14.7. The van der Waals surface area contributed by atoms with Crippen LogP contribution in [0.2, 0.25) is 0 Å². The maximum Gasteiger partial charge on any atom is 0.320 e. The van der Waals surface area contributed by atoms with E-state index in [0.717, 1.165) is 10.2 Å². The van der Waals surface area contributed by atoms with Crippen molar-refractivity contribution in [3.8, 4) is 0 Å². The molecule has 0 spiro atoms. The fourth-order valence-corrected chi connectivity index (χ4v) is 6.93. The van der Waals surface area contributed by atoms with Crippen molar-refractivity contribution in [2.75, 3.05) is 32.7 Å². The predicted octanol–water partition coefficient (Wildman–Crippen LogP) is 0.258. The Balaban J connectivity index is 3.45. The van der Waals surface area contributed by atoms with Gasteiger partial charge in [-0.25, -0.2) is 10.4 Å². The fraction of sp³-hybridized carbons (Fsp3) is 0.765. The quantitative estimate of drug-likeness (QED) is 0.0991. The summed E-state index contributed by atoms with van der Waals surface area (Å²) in [6.45, 7) is -2.18. The van der Waals surface area contributed by atoms with Crippen LogP contribution in [0.25, 0.3) is 0 Å². The highest BCUT2D eigenvalue weighted by atomic mass is 16.4. The van der Waals surface area contributed by atoms with Gasteiger partial charge in [0.1, 0.15) is 19.6 Å². The largest absolute Gasteiger partial charge is 0.481 e. The van der Waals surface area contributed by atoms with E-state index in [9.17, 15) is 79.2 Å². The van der Waals surface area contributed by atoms with Gasteiger partial charge in [-0.15, -0.1) is 5.12 Å². The van der Waals surface area contributed by atoms with Crippen molar-refractivity contribution in [3.63, 3.8) is 0 Å². The van der Waals surface area contributed by atoms with Gasteiger partial charge in [0.15, 0.2) is 0 Å². The zero-order valence-corrected chi connectivity index (χ0v) is 32.4. The minimum Gasteiger partial charge on any atom is -0.481 e. The van der Waals surface area contributed by atoms with Gasteiger partial charge in [-0.05, 0) is 93.8 Å². The number of carboxylic acids is 8. The first-order valence-electron chi connectivity index (χ1n) is 19.1. The molecule has 1 rings (SSSR count). The number of carbonyl (C=O) groups is 8. The Morgan fingerprint density at radius 3 is 1.12 bits per heavy atom. The monoisotopic (exact) mass is 836 g/mol. The van der Waals surface area contributed by atoms with Crippen LogP contribution in [0.3, 0.4) is 0 Å². The van der Waals surface area contributed by atoms with Crippen LogP contribution in [0.1, 0.15) is 103 Å². The lowest BCUT2D eigenvalue weighted by atomic mass is 9.82. The van der Waals surface area contributed by atoms with Crippen LogP contribution in [-0.4, -0.2) is 137 Å². The van der Waals surface area contributed by atoms with Crippen LogP contribution in [0.4, 0.5) is 0 Å². The normalized spacial score (nSPS) is 24.2. The number of hydrogen-bond donors (Lipinski definition) is 13. The van der Waals surface area contributed by atoms with Crippen LogP contribution < -0.4 is 27.6 Å². The van der Waals surface area contributed by atoms with Crippen molar-refractivity contribution in [1.29, 1.82) is 0 Å². The topological polar surface area (TPSA) is 368 Å². The van der Waals surface area contributed by atoms with Crippen molar-refractivity contribution in [2.24, 2.45) is 29.6 Å². The molecule has 0 saturated carbocycles. The first kappa shape index (κ1) is 51.5. The molecule has 0 bridgehead atoms. The molecule has 24 heteroatoms. The number of carboxylic acid groups (broad SMARTS) is 8. The average Bonchev–Trinajstić information content (AvgIpc) is 3.08. The summed E-state index contributed by atoms with van der Waals surface area (Å²) in [6.07, 6.45) is 2.23. The molecule has 58 heavy (non-hydrogen) atoms. The fourth-order valence-electron chi connectivity index (χ4n) is 6.93. The summed E-state index contributed by atoms with van der Waals surface area (Å²) in [5, 5.41) is 79.3. The highest BCUT2D eigenvalue weighted by molar-refractivity contribution is 5.70. The van der Waals surface area contributed by atoms with Gasteiger partial charge in [-0.2, -0.15) is 27.3 Å². The van der Waals surface area contributed by atoms with Gasteiger partial charge >= 0.3 is 47.8 Å². The Morgan fingerprint density at radius 2 is 0.707 bits per heavy atom. The molecule has 0 aromatic rings. The Morgan fingerprint density at radius 1 is 0.379 bits per heavy atom. The molecule has 1 aliphatic rings. The van der Waals surface area contributed by atoms with Crippen molar-refractivity contribution < 1.29 is 79.2 Å². The Labute approximate surface area is 334 Å². The highest BCUT2D eigenvalue weighted by Crippen LogP contribution is 2.31. The minimum absolute atomic E-state index is 0.0136. The summed E-state index contributed by atoms with van der Waals surface area (Å²) < 4.78 is 0. The number of hydrazine groups is 7. The van der Waals surface area contributed by atoms with Gasteiger partial charge in [0.25, 0.3) is 0 Å². The molecule has 0 amide bonds. The van der Waals surface area contributed by atoms with Crippen LogP contribution in [-0.2, 0) is 38.4 Å². The van der Waals surface area contributed by atoms with Gasteiger partial charge in [-0.1, -0.05) is 6.42 Å². The highest BCUT2D eigenvalue weighted by Gasteiger charge is 2.25. The van der Waals surface area contributed by atoms with Crippen LogP contribution in [0.5, 0.6) is 0 Å². The summed E-state index contributed by atoms with van der Waals surface area (Å²) >= 11 is 0. The van der Waals surface area contributed by atoms with Crippen molar-refractivity contribution in [3.05, 3.63) is 0 Å². The van der Waals surface area contributed by atoms with E-state index in [2.05, 4.69) is 27.6 Å². The second-order valence-corrected chi connectivity index (χ2v) is 14.7. The summed E-state index contributed by atoms with van der Waals surface area (Å²) in [4.78, 5) is 93.7. The van der Waals surface area contributed by atoms with E-state index in [1.54, 1.807) is 0 Å². The molecule has 0 aromatic heterocycles. The number of nitrogens with zero attached hydrogens (tertiary/aromatic N) is 3. The van der Waals surface area contributed by atoms with Gasteiger partial charge in [0, 0.05) is 45.2 Å². The lowest BCUT2D eigenvalue weighted by Crippen LogP contribution is -2.67. The molecule has 0 radical (unpaired) electrons. The minimum atomic E-state index is -1.37. The van der Waals surface area contributed by atoms with Gasteiger partial charge in [0.2, 0.25) is 0 Å². The average molecular weight is 837 g/mol. The maximum atomic E-state index is 11.8. The molecule has 13 N–H and O–H groups in total. The van der Waals surface area contributed by atoms with Crippen LogP contribution >= 0.6 is 0 Å². The van der Waals surface area contributed by atoms with Gasteiger partial charge in [0.05, 0.1) is 0 Å². The third-order valence-electron chi connectivity index (χ3n) is 9.68. The zero-order valence-electron chi connectivity index (χ0n) is 32.4. The standard InChI is InChI=1S/C34H60N8O16/c43-27(44)13-22-3-1-4-26(17-31(51)52)18-35-41(20-33(55)56)38-39-42(21-34(57)58)37-36-40(19-32(53)54)12-2-5-23(14-28(45)46)7-9-25(16-30(49)50)11-10-24(8-6-22)15-29(47)48/h22-26,35-39H,1-21H2,(H,43,44)(H,45,46)(H,47,48)(H,49,50)(H,51,52)(H,53,54)(H,55,56)(H,57,58). The first-order chi connectivity index (χ1) is 27.3. The third kappa shape index (κ3) is 27.1. The molecule has 0 aromatic carbocycles. The third-order valence-corrected chi connectivity index (χ3v) is 9.68. The molecule has 24 nitrogen and oxygen atoms in total. The summed E-state index contributed by atoms with van der Waals surface area (Å²) in [7, 11) is 0. The van der Waals surface area contributed by atoms with Crippen molar-refractivity contribution >= 4 is 47.8 Å². The molecule has 1 saturated heterocycles. The molecule has 1 fully saturated rings. The Bertz CT molecular complexity index is 1150. The molecule has 1 heterocycles. The number of aliphatic carboxylic acids is 8. The van der Waals surface area contributed by atoms with E-state index in [4.69, 9.17) is 0 Å². The lowest BCUT2D eigenvalue weighted by Gasteiger charge is -2.31. The SMILES string of the molecule is O=C(O)CC1CCCC(CC(=O)O)CNN(CC(=O)O)NNN(CC(=O)O)NNN(CC(=O)O)CCCC(CC(=O)O)CCC(CC(=O)O)CCC(CC(=O)O)CC1. The summed E-state index contributed by atoms with van der Waals surface area (Å²) in [5.41, 5.74) is 12.6. The predicted molar refractivity (Wildman–Crippen MR) is 198 cm³/mol. The smallest absolute Gasteiger partial charge is 0.320 e.